The fourth-order valence-electron chi connectivity index (χ4n) is 3.64. The Balaban J connectivity index is 1.57. The van der Waals surface area contributed by atoms with Crippen molar-refractivity contribution in [1.82, 2.24) is 15.1 Å². The maximum atomic E-state index is 12.6. The molecule has 1 unspecified atom stereocenters. The van der Waals surface area contributed by atoms with Gasteiger partial charge in [-0.05, 0) is 43.5 Å². The molecule has 0 radical (unpaired) electrons. The first-order valence-electron chi connectivity index (χ1n) is 8.44. The molecule has 4 heteroatoms. The summed E-state index contributed by atoms with van der Waals surface area (Å²) in [7, 11) is 0. The molecule has 1 amide bonds. The van der Waals surface area contributed by atoms with Crippen LogP contribution in [0.15, 0.2) is 30.3 Å². The molecule has 2 aliphatic rings. The van der Waals surface area contributed by atoms with Gasteiger partial charge in [0.1, 0.15) is 0 Å². The number of hydrogen-bond donors (Lipinski definition) is 1. The van der Waals surface area contributed by atoms with E-state index in [2.05, 4.69) is 17.1 Å². The molecule has 0 spiro atoms. The Kier molecular flexibility index (Phi) is 4.79. The highest BCUT2D eigenvalue weighted by Crippen LogP contribution is 2.26. The van der Waals surface area contributed by atoms with E-state index in [0.717, 1.165) is 57.8 Å². The van der Waals surface area contributed by atoms with Gasteiger partial charge in [-0.2, -0.15) is 0 Å². The van der Waals surface area contributed by atoms with Gasteiger partial charge in [-0.15, -0.1) is 0 Å². The predicted octanol–water partition coefficient (Wildman–Crippen LogP) is 1.83. The zero-order chi connectivity index (χ0) is 15.4. The van der Waals surface area contributed by atoms with E-state index in [-0.39, 0.29) is 5.91 Å². The average molecular weight is 301 g/mol. The molecule has 2 fully saturated rings. The van der Waals surface area contributed by atoms with Gasteiger partial charge in [-0.1, -0.05) is 25.1 Å². The van der Waals surface area contributed by atoms with Crippen molar-refractivity contribution in [1.29, 1.82) is 0 Å². The summed E-state index contributed by atoms with van der Waals surface area (Å²) in [5, 5.41) is 3.48. The first-order chi connectivity index (χ1) is 10.7. The van der Waals surface area contributed by atoms with Crippen LogP contribution in [-0.4, -0.2) is 61.5 Å². The quantitative estimate of drug-likeness (QED) is 0.925. The van der Waals surface area contributed by atoms with E-state index in [1.165, 1.54) is 6.42 Å². The lowest BCUT2D eigenvalue weighted by molar-refractivity contribution is 0.0758. The fourth-order valence-corrected chi connectivity index (χ4v) is 3.64. The van der Waals surface area contributed by atoms with Gasteiger partial charge in [0.2, 0.25) is 0 Å². The van der Waals surface area contributed by atoms with Crippen LogP contribution < -0.4 is 5.32 Å². The second kappa shape index (κ2) is 6.80. The number of nitrogens with one attached hydrogen (secondary N) is 1. The van der Waals surface area contributed by atoms with Gasteiger partial charge in [0, 0.05) is 38.3 Å². The maximum absolute atomic E-state index is 12.6. The molecule has 2 aliphatic heterocycles. The summed E-state index contributed by atoms with van der Waals surface area (Å²) < 4.78 is 0. The number of carbonyl (C=O) groups excluding carboxylic acids is 1. The lowest BCUT2D eigenvalue weighted by Crippen LogP contribution is -2.40. The second-order valence-electron chi connectivity index (χ2n) is 7.03. The Morgan fingerprint density at radius 1 is 1.18 bits per heavy atom. The van der Waals surface area contributed by atoms with Crippen LogP contribution in [0.5, 0.6) is 0 Å². The Morgan fingerprint density at radius 3 is 2.73 bits per heavy atom. The lowest BCUT2D eigenvalue weighted by atomic mass is 9.89. The Bertz CT molecular complexity index is 496. The number of benzene rings is 1. The van der Waals surface area contributed by atoms with Gasteiger partial charge < -0.3 is 15.1 Å². The third-order valence-corrected chi connectivity index (χ3v) is 4.96. The van der Waals surface area contributed by atoms with E-state index in [1.807, 2.05) is 35.2 Å². The van der Waals surface area contributed by atoms with Crippen LogP contribution in [0, 0.1) is 5.41 Å². The monoisotopic (exact) mass is 301 g/mol. The molecule has 120 valence electrons. The minimum atomic E-state index is 0.177. The molecule has 0 bridgehead atoms. The smallest absolute Gasteiger partial charge is 0.253 e. The fraction of sp³-hybridized carbons (Fsp3) is 0.611. The van der Waals surface area contributed by atoms with Crippen molar-refractivity contribution in [3.8, 4) is 0 Å². The first kappa shape index (κ1) is 15.5. The van der Waals surface area contributed by atoms with Crippen molar-refractivity contribution in [2.75, 3.05) is 45.8 Å². The molecule has 0 aromatic heterocycles. The van der Waals surface area contributed by atoms with Crippen molar-refractivity contribution in [2.24, 2.45) is 5.41 Å². The summed E-state index contributed by atoms with van der Waals surface area (Å²) in [5.41, 5.74) is 1.21. The van der Waals surface area contributed by atoms with E-state index in [1.54, 1.807) is 0 Å². The summed E-state index contributed by atoms with van der Waals surface area (Å²) in [6.45, 7) is 9.61. The number of amides is 1. The zero-order valence-electron chi connectivity index (χ0n) is 13.6. The van der Waals surface area contributed by atoms with E-state index < -0.39 is 0 Å². The summed E-state index contributed by atoms with van der Waals surface area (Å²) in [6, 6.07) is 9.65. The minimum Gasteiger partial charge on any atom is -0.337 e. The highest BCUT2D eigenvalue weighted by molar-refractivity contribution is 5.94. The number of carbonyl (C=O) groups is 1. The standard InChI is InChI=1S/C18H27N3O/c1-18(8-9-19-14-18)15-20-10-5-11-21(13-12-20)17(22)16-6-3-2-4-7-16/h2-4,6-7,19H,5,8-15H2,1H3. The van der Waals surface area contributed by atoms with Crippen molar-refractivity contribution < 1.29 is 4.79 Å². The van der Waals surface area contributed by atoms with Gasteiger partial charge in [0.05, 0.1) is 0 Å². The largest absolute Gasteiger partial charge is 0.337 e. The lowest BCUT2D eigenvalue weighted by Gasteiger charge is -2.31. The van der Waals surface area contributed by atoms with Crippen molar-refractivity contribution in [3.05, 3.63) is 35.9 Å². The molecule has 1 aromatic rings. The van der Waals surface area contributed by atoms with E-state index in [0.29, 0.717) is 5.41 Å². The molecule has 2 saturated heterocycles. The predicted molar refractivity (Wildman–Crippen MR) is 89.0 cm³/mol. The highest BCUT2D eigenvalue weighted by atomic mass is 16.2. The molecule has 0 saturated carbocycles. The molecule has 1 aromatic carbocycles. The topological polar surface area (TPSA) is 35.6 Å². The Hall–Kier alpha value is -1.39. The van der Waals surface area contributed by atoms with Gasteiger partial charge in [-0.25, -0.2) is 0 Å². The third kappa shape index (κ3) is 3.68. The third-order valence-electron chi connectivity index (χ3n) is 4.96. The van der Waals surface area contributed by atoms with E-state index in [9.17, 15) is 4.79 Å². The first-order valence-corrected chi connectivity index (χ1v) is 8.44. The number of rotatable bonds is 3. The molecular weight excluding hydrogens is 274 g/mol. The number of hydrogen-bond acceptors (Lipinski definition) is 3. The van der Waals surface area contributed by atoms with Gasteiger partial charge in [0.25, 0.3) is 5.91 Å². The molecule has 2 heterocycles. The van der Waals surface area contributed by atoms with Crippen LogP contribution >= 0.6 is 0 Å². The highest BCUT2D eigenvalue weighted by Gasteiger charge is 2.31. The van der Waals surface area contributed by atoms with Crippen molar-refractivity contribution in [3.63, 3.8) is 0 Å². The summed E-state index contributed by atoms with van der Waals surface area (Å²) >= 11 is 0. The second-order valence-corrected chi connectivity index (χ2v) is 7.03. The van der Waals surface area contributed by atoms with Gasteiger partial charge in [0.15, 0.2) is 0 Å². The van der Waals surface area contributed by atoms with E-state index in [4.69, 9.17) is 0 Å². The van der Waals surface area contributed by atoms with Crippen LogP contribution in [0.25, 0.3) is 0 Å². The number of nitrogens with zero attached hydrogens (tertiary/aromatic N) is 2. The van der Waals surface area contributed by atoms with Crippen molar-refractivity contribution >= 4 is 5.91 Å². The molecule has 1 atom stereocenters. The molecule has 3 rings (SSSR count). The summed E-state index contributed by atoms with van der Waals surface area (Å²) in [4.78, 5) is 17.1. The molecule has 4 nitrogen and oxygen atoms in total. The zero-order valence-corrected chi connectivity index (χ0v) is 13.6. The Morgan fingerprint density at radius 2 is 2.00 bits per heavy atom. The maximum Gasteiger partial charge on any atom is 0.253 e. The molecular formula is C18H27N3O. The molecule has 22 heavy (non-hydrogen) atoms. The summed E-state index contributed by atoms with van der Waals surface area (Å²) in [6.07, 6.45) is 2.33. The minimum absolute atomic E-state index is 0.177. The van der Waals surface area contributed by atoms with Crippen LogP contribution in [0.4, 0.5) is 0 Å². The Labute approximate surface area is 133 Å². The van der Waals surface area contributed by atoms with E-state index >= 15 is 0 Å². The SMILES string of the molecule is CC1(CN2CCCN(C(=O)c3ccccc3)CC2)CCNC1. The van der Waals surface area contributed by atoms with Crippen LogP contribution in [0.3, 0.4) is 0 Å². The normalized spacial score (nSPS) is 26.9. The van der Waals surface area contributed by atoms with Crippen molar-refractivity contribution in [2.45, 2.75) is 19.8 Å². The van der Waals surface area contributed by atoms with Crippen LogP contribution in [0.1, 0.15) is 30.1 Å². The molecule has 0 aliphatic carbocycles. The average Bonchev–Trinajstić information content (AvgIpc) is 2.83. The van der Waals surface area contributed by atoms with Crippen LogP contribution in [0.2, 0.25) is 0 Å². The summed E-state index contributed by atoms with van der Waals surface area (Å²) in [5.74, 6) is 0.177. The van der Waals surface area contributed by atoms with Gasteiger partial charge >= 0.3 is 0 Å². The van der Waals surface area contributed by atoms with Gasteiger partial charge in [-0.3, -0.25) is 4.79 Å². The molecule has 1 N–H and O–H groups in total. The van der Waals surface area contributed by atoms with Crippen LogP contribution in [-0.2, 0) is 0 Å².